The van der Waals surface area contributed by atoms with Crippen LogP contribution in [-0.2, 0) is 4.79 Å². The van der Waals surface area contributed by atoms with Crippen LogP contribution in [0.3, 0.4) is 0 Å². The highest BCUT2D eigenvalue weighted by atomic mass is 16.2. The number of hydrogen-bond donors (Lipinski definition) is 2. The Morgan fingerprint density at radius 2 is 1.86 bits per heavy atom. The Hall–Kier alpha value is -0.570. The highest BCUT2D eigenvalue weighted by Gasteiger charge is 2.25. The number of rotatable bonds is 5. The summed E-state index contributed by atoms with van der Waals surface area (Å²) in [6.45, 7) is 11.3. The van der Waals surface area contributed by atoms with Gasteiger partial charge in [0.2, 0.25) is 5.91 Å². The van der Waals surface area contributed by atoms with Crippen molar-refractivity contribution in [1.29, 1.82) is 0 Å². The van der Waals surface area contributed by atoms with E-state index in [0.29, 0.717) is 18.4 Å². The lowest BCUT2D eigenvalue weighted by molar-refractivity contribution is -0.129. The van der Waals surface area contributed by atoms with Crippen LogP contribution in [0.5, 0.6) is 0 Å². The summed E-state index contributed by atoms with van der Waals surface area (Å²) < 4.78 is 0. The molecule has 0 spiro atoms. The Morgan fingerprint density at radius 3 is 2.21 bits per heavy atom. The molecule has 1 unspecified atom stereocenters. The number of nitrogens with two attached hydrogens (primary N) is 1. The van der Waals surface area contributed by atoms with E-state index in [1.165, 1.54) is 0 Å². The van der Waals surface area contributed by atoms with E-state index in [2.05, 4.69) is 26.1 Å². The standard InChI is InChI=1S/C11H24N2O/c1-8(2)9(3)6-13-10(14)11(4,5)7-12/h8-9H,6-7,12H2,1-5H3,(H,13,14). The van der Waals surface area contributed by atoms with Gasteiger partial charge in [0, 0.05) is 13.1 Å². The molecule has 0 aliphatic heterocycles. The molecule has 0 aromatic rings. The van der Waals surface area contributed by atoms with Crippen LogP contribution in [0.25, 0.3) is 0 Å². The molecule has 1 atom stereocenters. The molecule has 3 N–H and O–H groups in total. The Morgan fingerprint density at radius 1 is 1.36 bits per heavy atom. The number of carbonyl (C=O) groups excluding carboxylic acids is 1. The van der Waals surface area contributed by atoms with Gasteiger partial charge in [0.25, 0.3) is 0 Å². The van der Waals surface area contributed by atoms with Crippen LogP contribution >= 0.6 is 0 Å². The van der Waals surface area contributed by atoms with E-state index in [9.17, 15) is 4.79 Å². The third-order valence-electron chi connectivity index (χ3n) is 2.85. The lowest BCUT2D eigenvalue weighted by atomic mass is 9.91. The summed E-state index contributed by atoms with van der Waals surface area (Å²) in [4.78, 5) is 11.6. The monoisotopic (exact) mass is 200 g/mol. The zero-order valence-corrected chi connectivity index (χ0v) is 10.1. The van der Waals surface area contributed by atoms with E-state index in [0.717, 1.165) is 6.54 Å². The van der Waals surface area contributed by atoms with E-state index in [1.807, 2.05) is 13.8 Å². The van der Waals surface area contributed by atoms with Crippen LogP contribution in [0.4, 0.5) is 0 Å². The van der Waals surface area contributed by atoms with Gasteiger partial charge in [-0.05, 0) is 25.7 Å². The molecule has 0 saturated heterocycles. The first-order valence-electron chi connectivity index (χ1n) is 5.29. The van der Waals surface area contributed by atoms with E-state index in [-0.39, 0.29) is 5.91 Å². The fourth-order valence-electron chi connectivity index (χ4n) is 0.821. The molecule has 0 radical (unpaired) electrons. The van der Waals surface area contributed by atoms with Crippen molar-refractivity contribution < 1.29 is 4.79 Å². The number of nitrogens with one attached hydrogen (secondary N) is 1. The number of hydrogen-bond acceptors (Lipinski definition) is 2. The zero-order chi connectivity index (χ0) is 11.4. The van der Waals surface area contributed by atoms with E-state index in [1.54, 1.807) is 0 Å². The summed E-state index contributed by atoms with van der Waals surface area (Å²) in [6, 6.07) is 0. The van der Waals surface area contributed by atoms with Gasteiger partial charge in [-0.2, -0.15) is 0 Å². The van der Waals surface area contributed by atoms with Gasteiger partial charge in [-0.25, -0.2) is 0 Å². The molecule has 84 valence electrons. The summed E-state index contributed by atoms with van der Waals surface area (Å²) in [7, 11) is 0. The number of carbonyl (C=O) groups is 1. The van der Waals surface area contributed by atoms with Crippen molar-refractivity contribution in [3.05, 3.63) is 0 Å². The van der Waals surface area contributed by atoms with Crippen LogP contribution in [0.2, 0.25) is 0 Å². The molecule has 1 amide bonds. The van der Waals surface area contributed by atoms with Crippen molar-refractivity contribution in [3.8, 4) is 0 Å². The third-order valence-corrected chi connectivity index (χ3v) is 2.85. The molecule has 0 aromatic carbocycles. The second-order valence-electron chi connectivity index (χ2n) is 5.02. The average molecular weight is 200 g/mol. The zero-order valence-electron chi connectivity index (χ0n) is 10.1. The van der Waals surface area contributed by atoms with Crippen molar-refractivity contribution in [2.75, 3.05) is 13.1 Å². The van der Waals surface area contributed by atoms with Gasteiger partial charge in [-0.3, -0.25) is 4.79 Å². The minimum Gasteiger partial charge on any atom is -0.355 e. The van der Waals surface area contributed by atoms with Crippen molar-refractivity contribution in [2.45, 2.75) is 34.6 Å². The largest absolute Gasteiger partial charge is 0.355 e. The Balaban J connectivity index is 3.97. The fourth-order valence-corrected chi connectivity index (χ4v) is 0.821. The first-order chi connectivity index (χ1) is 6.31. The fraction of sp³-hybridized carbons (Fsp3) is 0.909. The predicted molar refractivity (Wildman–Crippen MR) is 59.8 cm³/mol. The lowest BCUT2D eigenvalue weighted by Crippen LogP contribution is -2.43. The van der Waals surface area contributed by atoms with Crippen molar-refractivity contribution in [3.63, 3.8) is 0 Å². The van der Waals surface area contributed by atoms with Gasteiger partial charge in [-0.15, -0.1) is 0 Å². The summed E-state index contributed by atoms with van der Waals surface area (Å²) in [5, 5.41) is 2.94. The molecule has 0 fully saturated rings. The van der Waals surface area contributed by atoms with Gasteiger partial charge in [-0.1, -0.05) is 20.8 Å². The first kappa shape index (κ1) is 13.4. The number of amides is 1. The summed E-state index contributed by atoms with van der Waals surface area (Å²) in [6.07, 6.45) is 0. The van der Waals surface area contributed by atoms with Gasteiger partial charge >= 0.3 is 0 Å². The Bertz CT molecular complexity index is 188. The molecule has 0 aromatic heterocycles. The van der Waals surface area contributed by atoms with Crippen molar-refractivity contribution in [1.82, 2.24) is 5.32 Å². The second-order valence-corrected chi connectivity index (χ2v) is 5.02. The quantitative estimate of drug-likeness (QED) is 0.704. The summed E-state index contributed by atoms with van der Waals surface area (Å²) >= 11 is 0. The lowest BCUT2D eigenvalue weighted by Gasteiger charge is -2.23. The van der Waals surface area contributed by atoms with Gasteiger partial charge in [0.15, 0.2) is 0 Å². The van der Waals surface area contributed by atoms with Crippen molar-refractivity contribution >= 4 is 5.91 Å². The van der Waals surface area contributed by atoms with Crippen LogP contribution < -0.4 is 11.1 Å². The van der Waals surface area contributed by atoms with Crippen LogP contribution in [0, 0.1) is 17.3 Å². The summed E-state index contributed by atoms with van der Waals surface area (Å²) in [5.41, 5.74) is 5.06. The van der Waals surface area contributed by atoms with Crippen LogP contribution in [-0.4, -0.2) is 19.0 Å². The highest BCUT2D eigenvalue weighted by Crippen LogP contribution is 2.13. The molecule has 3 nitrogen and oxygen atoms in total. The maximum Gasteiger partial charge on any atom is 0.226 e. The van der Waals surface area contributed by atoms with E-state index >= 15 is 0 Å². The van der Waals surface area contributed by atoms with Gasteiger partial charge in [0.1, 0.15) is 0 Å². The molecule has 0 heterocycles. The van der Waals surface area contributed by atoms with Gasteiger partial charge in [0.05, 0.1) is 5.41 Å². The highest BCUT2D eigenvalue weighted by molar-refractivity contribution is 5.81. The molecular weight excluding hydrogens is 176 g/mol. The van der Waals surface area contributed by atoms with E-state index in [4.69, 9.17) is 5.73 Å². The maximum absolute atomic E-state index is 11.6. The second kappa shape index (κ2) is 5.35. The van der Waals surface area contributed by atoms with Gasteiger partial charge < -0.3 is 11.1 Å². The molecule has 0 aliphatic carbocycles. The minimum atomic E-state index is -0.448. The first-order valence-corrected chi connectivity index (χ1v) is 5.29. The Kier molecular flexibility index (Phi) is 5.13. The molecule has 14 heavy (non-hydrogen) atoms. The maximum atomic E-state index is 11.6. The molecular formula is C11H24N2O. The molecule has 3 heteroatoms. The molecule has 0 aliphatic rings. The van der Waals surface area contributed by atoms with Crippen LogP contribution in [0.15, 0.2) is 0 Å². The molecule has 0 saturated carbocycles. The Labute approximate surface area is 87.4 Å². The smallest absolute Gasteiger partial charge is 0.226 e. The topological polar surface area (TPSA) is 55.1 Å². The van der Waals surface area contributed by atoms with E-state index < -0.39 is 5.41 Å². The molecule has 0 rings (SSSR count). The third kappa shape index (κ3) is 4.09. The van der Waals surface area contributed by atoms with Crippen LogP contribution in [0.1, 0.15) is 34.6 Å². The normalized spacial score (nSPS) is 14.2. The minimum absolute atomic E-state index is 0.0486. The van der Waals surface area contributed by atoms with Crippen molar-refractivity contribution in [2.24, 2.45) is 23.0 Å². The predicted octanol–water partition coefficient (Wildman–Crippen LogP) is 1.38. The average Bonchev–Trinajstić information content (AvgIpc) is 2.13. The SMILES string of the molecule is CC(C)C(C)CNC(=O)C(C)(C)CN. The summed E-state index contributed by atoms with van der Waals surface area (Å²) in [5.74, 6) is 1.15. The molecule has 0 bridgehead atoms.